The largest absolute Gasteiger partial charge is 0.399 e. The van der Waals surface area contributed by atoms with Crippen molar-refractivity contribution in [2.75, 3.05) is 40.1 Å². The van der Waals surface area contributed by atoms with E-state index in [-0.39, 0.29) is 0 Å². The number of para-hydroxylation sites is 2. The highest BCUT2D eigenvalue weighted by Crippen LogP contribution is 2.18. The van der Waals surface area contributed by atoms with Gasteiger partial charge in [-0.3, -0.25) is 4.98 Å². The van der Waals surface area contributed by atoms with Crippen LogP contribution >= 0.6 is 23.2 Å². The first kappa shape index (κ1) is 52.5. The maximum Gasteiger partial charge on any atom is 0.0635 e. The van der Waals surface area contributed by atoms with Crippen LogP contribution in [-0.4, -0.2) is 9.97 Å². The lowest BCUT2D eigenvalue weighted by Gasteiger charge is -1.92. The first-order valence-electron chi connectivity index (χ1n) is 20.2. The molecule has 0 aliphatic heterocycles. The van der Waals surface area contributed by atoms with Crippen LogP contribution in [0.1, 0.15) is 23.6 Å². The molecule has 64 heavy (non-hydrogen) atoms. The van der Waals surface area contributed by atoms with Crippen molar-refractivity contribution in [1.82, 2.24) is 9.97 Å². The predicted molar refractivity (Wildman–Crippen MR) is 281 cm³/mol. The number of benzene rings is 7. The molecular weight excluding hydrogens is 834 g/mol. The molecule has 0 aliphatic carbocycles. The number of aryl methyl sites for hydroxylation is 3. The van der Waals surface area contributed by atoms with Gasteiger partial charge in [-0.2, -0.15) is 0 Å². The maximum atomic E-state index is 5.68. The van der Waals surface area contributed by atoms with Crippen molar-refractivity contribution in [1.29, 1.82) is 0 Å². The van der Waals surface area contributed by atoms with E-state index >= 15 is 0 Å². The Hall–Kier alpha value is -7.59. The van der Waals surface area contributed by atoms with Crippen molar-refractivity contribution >= 4 is 73.9 Å². The van der Waals surface area contributed by atoms with Crippen LogP contribution in [-0.2, 0) is 6.42 Å². The van der Waals surface area contributed by atoms with Gasteiger partial charge in [-0.05, 0) is 134 Å². The first-order chi connectivity index (χ1) is 30.8. The molecule has 11 heteroatoms. The molecule has 0 fully saturated rings. The van der Waals surface area contributed by atoms with Crippen LogP contribution in [0.25, 0.3) is 10.9 Å². The lowest BCUT2D eigenvalue weighted by atomic mass is 10.2. The Kier molecular flexibility index (Phi) is 25.7. The molecule has 332 valence electrons. The predicted octanol–water partition coefficient (Wildman–Crippen LogP) is 12.9. The summed E-state index contributed by atoms with van der Waals surface area (Å²) in [6.45, 7) is 6.21. The molecule has 9 aromatic rings. The molecular formula is C53H61Cl2N9. The van der Waals surface area contributed by atoms with Crippen LogP contribution in [0.2, 0.25) is 10.0 Å². The molecule has 0 saturated heterocycles. The zero-order valence-electron chi connectivity index (χ0n) is 36.7. The van der Waals surface area contributed by atoms with E-state index < -0.39 is 0 Å². The first-order valence-corrected chi connectivity index (χ1v) is 21.0. The van der Waals surface area contributed by atoms with Crippen molar-refractivity contribution in [2.45, 2.75) is 27.2 Å². The number of H-pyrrole nitrogens is 1. The number of hydrogen-bond donors (Lipinski definition) is 8. The van der Waals surface area contributed by atoms with Crippen LogP contribution in [0.4, 0.5) is 39.8 Å². The molecule has 0 unspecified atom stereocenters. The molecule has 0 amide bonds. The Labute approximate surface area is 388 Å². The monoisotopic (exact) mass is 893 g/mol. The fourth-order valence-corrected chi connectivity index (χ4v) is 5.31. The van der Waals surface area contributed by atoms with Crippen LogP contribution in [0.15, 0.2) is 213 Å². The van der Waals surface area contributed by atoms with Gasteiger partial charge in [0.1, 0.15) is 0 Å². The summed E-state index contributed by atoms with van der Waals surface area (Å²) in [6, 6.07) is 61.3. The molecule has 0 spiro atoms. The highest BCUT2D eigenvalue weighted by atomic mass is 35.5. The molecule has 9 nitrogen and oxygen atoms in total. The number of hydrogen-bond acceptors (Lipinski definition) is 8. The van der Waals surface area contributed by atoms with Crippen molar-refractivity contribution in [2.24, 2.45) is 0 Å². The maximum absolute atomic E-state index is 5.68. The van der Waals surface area contributed by atoms with Crippen molar-refractivity contribution < 1.29 is 0 Å². The van der Waals surface area contributed by atoms with Crippen LogP contribution in [0.5, 0.6) is 0 Å². The fourth-order valence-electron chi connectivity index (χ4n) is 4.97. The Morgan fingerprint density at radius 1 is 0.453 bits per heavy atom. The van der Waals surface area contributed by atoms with E-state index in [2.05, 4.69) is 41.2 Å². The quantitative estimate of drug-likeness (QED) is 0.0741. The number of nitrogen functional groups attached to an aromatic ring is 7. The number of anilines is 7. The number of halogens is 2. The van der Waals surface area contributed by atoms with Crippen LogP contribution < -0.4 is 40.1 Å². The van der Waals surface area contributed by atoms with Gasteiger partial charge in [0.05, 0.1) is 16.4 Å². The van der Waals surface area contributed by atoms with Crippen molar-refractivity contribution in [3.8, 4) is 0 Å². The number of nitrogens with zero attached hydrogens (tertiary/aromatic N) is 1. The van der Waals surface area contributed by atoms with Gasteiger partial charge in [0.15, 0.2) is 0 Å². The van der Waals surface area contributed by atoms with Gasteiger partial charge in [-0.15, -0.1) is 0 Å². The second kappa shape index (κ2) is 31.3. The summed E-state index contributed by atoms with van der Waals surface area (Å²) in [5.74, 6) is 0. The van der Waals surface area contributed by atoms with E-state index in [9.17, 15) is 0 Å². The fraction of sp³-hybridized carbons (Fsp3) is 0.0755. The molecule has 0 aliphatic rings. The average Bonchev–Trinajstić information content (AvgIpc) is 3.78. The second-order valence-corrected chi connectivity index (χ2v) is 14.6. The topological polar surface area (TPSA) is 211 Å². The van der Waals surface area contributed by atoms with Gasteiger partial charge in [-0.1, -0.05) is 127 Å². The number of nitrogens with one attached hydrogen (secondary N) is 1. The molecule has 2 aromatic heterocycles. The van der Waals surface area contributed by atoms with Crippen LogP contribution in [0.3, 0.4) is 0 Å². The van der Waals surface area contributed by atoms with E-state index in [0.717, 1.165) is 40.1 Å². The molecule has 0 atom stereocenters. The van der Waals surface area contributed by atoms with Crippen LogP contribution in [0, 0.1) is 13.8 Å². The number of pyridine rings is 1. The molecule has 2 heterocycles. The molecule has 0 bridgehead atoms. The summed E-state index contributed by atoms with van der Waals surface area (Å²) in [7, 11) is 0. The summed E-state index contributed by atoms with van der Waals surface area (Å²) in [5.41, 5.74) is 48.3. The average molecular weight is 895 g/mol. The van der Waals surface area contributed by atoms with E-state index in [1.165, 1.54) is 16.7 Å². The van der Waals surface area contributed by atoms with Gasteiger partial charge in [0, 0.05) is 63.0 Å². The summed E-state index contributed by atoms with van der Waals surface area (Å²) in [5, 5.41) is 2.40. The van der Waals surface area contributed by atoms with E-state index in [1.807, 2.05) is 147 Å². The number of fused-ring (bicyclic) bond motifs is 1. The number of aromatic nitrogens is 2. The standard InChI is InChI=1S/C8H8N2.C8H10.2C7H9N.2C6H6ClN.C6H7N.C5H6N2/c9-7-2-1-3-8-6(7)4-5-10-8;1-2-8-6-4-3-5-7-8;2*1-6-3-2-4-7(8)5-6;7-5-2-1-3-6(8)4-5;7-5-3-1-2-4-6(5)8;7-6-4-2-1-3-5-6;6-5-2-1-3-7-4-5/h1-5,10H,9H2;3-7H,2H2,1H3;2*2-5H,8H2,1H3;2*1-4H,8H2;1-5H,7H2;1-4H,6H2. The Balaban J connectivity index is 0.000000252. The Morgan fingerprint density at radius 2 is 0.938 bits per heavy atom. The third-order valence-corrected chi connectivity index (χ3v) is 8.78. The number of rotatable bonds is 1. The highest BCUT2D eigenvalue weighted by Gasteiger charge is 1.94. The zero-order chi connectivity index (χ0) is 47.0. The summed E-state index contributed by atoms with van der Waals surface area (Å²) in [4.78, 5) is 6.84. The molecule has 15 N–H and O–H groups in total. The minimum Gasteiger partial charge on any atom is -0.399 e. The molecule has 0 radical (unpaired) electrons. The highest BCUT2D eigenvalue weighted by molar-refractivity contribution is 6.33. The Morgan fingerprint density at radius 3 is 1.28 bits per heavy atom. The smallest absolute Gasteiger partial charge is 0.0635 e. The van der Waals surface area contributed by atoms with E-state index in [1.54, 1.807) is 54.9 Å². The van der Waals surface area contributed by atoms with Gasteiger partial charge in [0.25, 0.3) is 0 Å². The Bertz CT molecular complexity index is 2360. The summed E-state index contributed by atoms with van der Waals surface area (Å²) < 4.78 is 0. The van der Waals surface area contributed by atoms with E-state index in [4.69, 9.17) is 63.3 Å². The zero-order valence-corrected chi connectivity index (χ0v) is 38.2. The second-order valence-electron chi connectivity index (χ2n) is 13.7. The normalized spacial score (nSPS) is 9.20. The minimum absolute atomic E-state index is 0.618. The van der Waals surface area contributed by atoms with Crippen molar-refractivity contribution in [3.63, 3.8) is 0 Å². The van der Waals surface area contributed by atoms with Crippen molar-refractivity contribution in [3.05, 3.63) is 239 Å². The molecule has 9 rings (SSSR count). The minimum atomic E-state index is 0.618. The lowest BCUT2D eigenvalue weighted by molar-refractivity contribution is 1.14. The molecule has 7 aromatic carbocycles. The third-order valence-electron chi connectivity index (χ3n) is 8.20. The SMILES string of the molecule is CCc1ccccc1.Cc1cccc(N)c1.Cc1cccc(N)c1.Nc1cccc(Cl)c1.Nc1cccc2[nH]ccc12.Nc1ccccc1.Nc1ccccc1Cl.Nc1cccnc1. The number of aromatic amines is 1. The lowest BCUT2D eigenvalue weighted by Crippen LogP contribution is -1.82. The van der Waals surface area contributed by atoms with Gasteiger partial charge in [0.2, 0.25) is 0 Å². The van der Waals surface area contributed by atoms with Gasteiger partial charge >= 0.3 is 0 Å². The summed E-state index contributed by atoms with van der Waals surface area (Å²) in [6.07, 6.45) is 6.33. The van der Waals surface area contributed by atoms with Gasteiger partial charge < -0.3 is 45.1 Å². The third kappa shape index (κ3) is 24.6. The summed E-state index contributed by atoms with van der Waals surface area (Å²) >= 11 is 11.1. The van der Waals surface area contributed by atoms with Gasteiger partial charge in [-0.25, -0.2) is 0 Å². The number of nitrogens with two attached hydrogens (primary N) is 7. The molecule has 0 saturated carbocycles. The van der Waals surface area contributed by atoms with E-state index in [0.29, 0.717) is 27.1 Å².